The van der Waals surface area contributed by atoms with E-state index in [1.54, 1.807) is 6.26 Å². The van der Waals surface area contributed by atoms with Gasteiger partial charge in [-0.15, -0.1) is 0 Å². The third kappa shape index (κ3) is 2.98. The van der Waals surface area contributed by atoms with E-state index in [0.29, 0.717) is 6.04 Å². The molecule has 0 aliphatic rings. The van der Waals surface area contributed by atoms with Crippen LogP contribution in [0.25, 0.3) is 0 Å². The number of benzene rings is 1. The molecule has 0 saturated carbocycles. The van der Waals surface area contributed by atoms with Gasteiger partial charge in [-0.05, 0) is 31.5 Å². The molecule has 0 aliphatic heterocycles. The summed E-state index contributed by atoms with van der Waals surface area (Å²) in [5.74, 6) is 1.01. The van der Waals surface area contributed by atoms with Gasteiger partial charge in [-0.25, -0.2) is 0 Å². The molecule has 0 aliphatic carbocycles. The fourth-order valence-corrected chi connectivity index (χ4v) is 2.14. The molecule has 0 radical (unpaired) electrons. The molecule has 2 aromatic rings. The van der Waals surface area contributed by atoms with Crippen LogP contribution in [0.3, 0.4) is 0 Å². The lowest BCUT2D eigenvalue weighted by Crippen LogP contribution is -2.23. The summed E-state index contributed by atoms with van der Waals surface area (Å²) in [5, 5.41) is 3.51. The van der Waals surface area contributed by atoms with Crippen molar-refractivity contribution in [3.05, 3.63) is 59.5 Å². The minimum absolute atomic E-state index is 0.334. The largest absolute Gasteiger partial charge is 0.469 e. The molecule has 17 heavy (non-hydrogen) atoms. The maximum Gasteiger partial charge on any atom is 0.105 e. The Balaban J connectivity index is 2.16. The van der Waals surface area contributed by atoms with Crippen LogP contribution in [-0.4, -0.2) is 6.54 Å². The van der Waals surface area contributed by atoms with Gasteiger partial charge in [0.15, 0.2) is 0 Å². The highest BCUT2D eigenvalue weighted by Gasteiger charge is 2.15. The molecule has 1 N–H and O–H groups in total. The van der Waals surface area contributed by atoms with Gasteiger partial charge in [0.2, 0.25) is 0 Å². The molecule has 2 heteroatoms. The summed E-state index contributed by atoms with van der Waals surface area (Å²) in [4.78, 5) is 0. The number of aryl methyl sites for hydroxylation is 1. The van der Waals surface area contributed by atoms with E-state index < -0.39 is 0 Å². The maximum absolute atomic E-state index is 5.39. The van der Waals surface area contributed by atoms with Gasteiger partial charge in [0, 0.05) is 11.6 Å². The number of nitrogens with one attached hydrogen (secondary N) is 1. The van der Waals surface area contributed by atoms with Crippen molar-refractivity contribution in [3.8, 4) is 0 Å². The van der Waals surface area contributed by atoms with E-state index in [0.717, 1.165) is 18.7 Å². The van der Waals surface area contributed by atoms with Crippen LogP contribution >= 0.6 is 0 Å². The van der Waals surface area contributed by atoms with Crippen molar-refractivity contribution in [1.82, 2.24) is 5.32 Å². The Morgan fingerprint density at radius 3 is 2.53 bits per heavy atom. The van der Waals surface area contributed by atoms with Crippen molar-refractivity contribution < 1.29 is 4.42 Å². The van der Waals surface area contributed by atoms with Crippen molar-refractivity contribution >= 4 is 0 Å². The SMILES string of the molecule is CCNC(Cc1ccccc1)c1ccoc1C. The molecule has 2 rings (SSSR count). The summed E-state index contributed by atoms with van der Waals surface area (Å²) in [6, 6.07) is 12.9. The lowest BCUT2D eigenvalue weighted by atomic mass is 9.99. The second-order valence-corrected chi connectivity index (χ2v) is 4.23. The number of likely N-dealkylation sites (N-methyl/N-ethyl adjacent to an activating group) is 1. The van der Waals surface area contributed by atoms with Gasteiger partial charge in [-0.1, -0.05) is 37.3 Å². The summed E-state index contributed by atoms with van der Waals surface area (Å²) in [5.41, 5.74) is 2.61. The zero-order chi connectivity index (χ0) is 12.1. The molecule has 0 bridgehead atoms. The zero-order valence-corrected chi connectivity index (χ0v) is 10.4. The van der Waals surface area contributed by atoms with E-state index in [9.17, 15) is 0 Å². The number of rotatable bonds is 5. The number of furan rings is 1. The number of hydrogen-bond acceptors (Lipinski definition) is 2. The average molecular weight is 229 g/mol. The zero-order valence-electron chi connectivity index (χ0n) is 10.4. The van der Waals surface area contributed by atoms with Crippen molar-refractivity contribution in [2.45, 2.75) is 26.3 Å². The third-order valence-electron chi connectivity index (χ3n) is 3.01. The van der Waals surface area contributed by atoms with Gasteiger partial charge in [-0.3, -0.25) is 0 Å². The van der Waals surface area contributed by atoms with E-state index in [-0.39, 0.29) is 0 Å². The fraction of sp³-hybridized carbons (Fsp3) is 0.333. The lowest BCUT2D eigenvalue weighted by molar-refractivity contribution is 0.501. The molecule has 1 unspecified atom stereocenters. The Bertz CT molecular complexity index is 447. The maximum atomic E-state index is 5.39. The van der Waals surface area contributed by atoms with Crippen LogP contribution in [0.15, 0.2) is 47.1 Å². The van der Waals surface area contributed by atoms with Crippen LogP contribution in [-0.2, 0) is 6.42 Å². The van der Waals surface area contributed by atoms with E-state index in [1.807, 2.05) is 6.92 Å². The molecule has 1 aromatic heterocycles. The van der Waals surface area contributed by atoms with Crippen molar-refractivity contribution in [3.63, 3.8) is 0 Å². The van der Waals surface area contributed by atoms with Crippen LogP contribution < -0.4 is 5.32 Å². The van der Waals surface area contributed by atoms with Crippen LogP contribution in [0, 0.1) is 6.92 Å². The van der Waals surface area contributed by atoms with Crippen LogP contribution in [0.5, 0.6) is 0 Å². The Labute approximate surface area is 103 Å². The van der Waals surface area contributed by atoms with Gasteiger partial charge in [0.25, 0.3) is 0 Å². The monoisotopic (exact) mass is 229 g/mol. The Morgan fingerprint density at radius 2 is 1.94 bits per heavy atom. The van der Waals surface area contributed by atoms with Crippen LogP contribution in [0.2, 0.25) is 0 Å². The van der Waals surface area contributed by atoms with Crippen LogP contribution in [0.4, 0.5) is 0 Å². The molecule has 1 atom stereocenters. The van der Waals surface area contributed by atoms with Gasteiger partial charge in [-0.2, -0.15) is 0 Å². The second-order valence-electron chi connectivity index (χ2n) is 4.23. The highest BCUT2D eigenvalue weighted by molar-refractivity contribution is 5.24. The first-order chi connectivity index (χ1) is 8.31. The predicted octanol–water partition coefficient (Wildman–Crippen LogP) is 3.48. The molecular weight excluding hydrogens is 210 g/mol. The first-order valence-electron chi connectivity index (χ1n) is 6.12. The standard InChI is InChI=1S/C15H19NO/c1-3-16-15(14-9-10-17-12(14)2)11-13-7-5-4-6-8-13/h4-10,15-16H,3,11H2,1-2H3. The second kappa shape index (κ2) is 5.69. The summed E-state index contributed by atoms with van der Waals surface area (Å²) in [6.07, 6.45) is 2.76. The first-order valence-corrected chi connectivity index (χ1v) is 6.12. The minimum Gasteiger partial charge on any atom is -0.469 e. The summed E-state index contributed by atoms with van der Waals surface area (Å²) in [7, 11) is 0. The average Bonchev–Trinajstić information content (AvgIpc) is 2.76. The Morgan fingerprint density at radius 1 is 1.18 bits per heavy atom. The molecule has 2 nitrogen and oxygen atoms in total. The summed E-state index contributed by atoms with van der Waals surface area (Å²) in [6.45, 7) is 5.11. The quantitative estimate of drug-likeness (QED) is 0.849. The molecule has 90 valence electrons. The number of hydrogen-bond donors (Lipinski definition) is 1. The molecule has 0 fully saturated rings. The molecule has 0 spiro atoms. The molecule has 1 heterocycles. The van der Waals surface area contributed by atoms with E-state index in [2.05, 4.69) is 48.6 Å². The first kappa shape index (κ1) is 11.9. The van der Waals surface area contributed by atoms with Crippen molar-refractivity contribution in [2.24, 2.45) is 0 Å². The highest BCUT2D eigenvalue weighted by atomic mass is 16.3. The fourth-order valence-electron chi connectivity index (χ4n) is 2.14. The Kier molecular flexibility index (Phi) is 3.99. The van der Waals surface area contributed by atoms with E-state index in [4.69, 9.17) is 4.42 Å². The van der Waals surface area contributed by atoms with Crippen molar-refractivity contribution in [2.75, 3.05) is 6.54 Å². The third-order valence-corrected chi connectivity index (χ3v) is 3.01. The van der Waals surface area contributed by atoms with E-state index in [1.165, 1.54) is 11.1 Å². The predicted molar refractivity (Wildman–Crippen MR) is 70.0 cm³/mol. The topological polar surface area (TPSA) is 25.2 Å². The smallest absolute Gasteiger partial charge is 0.105 e. The van der Waals surface area contributed by atoms with Gasteiger partial charge >= 0.3 is 0 Å². The van der Waals surface area contributed by atoms with Gasteiger partial charge < -0.3 is 9.73 Å². The minimum atomic E-state index is 0.334. The molecule has 1 aromatic carbocycles. The molecule has 0 amide bonds. The van der Waals surface area contributed by atoms with Gasteiger partial charge in [0.1, 0.15) is 5.76 Å². The lowest BCUT2D eigenvalue weighted by Gasteiger charge is -2.17. The molecule has 0 saturated heterocycles. The highest BCUT2D eigenvalue weighted by Crippen LogP contribution is 2.22. The summed E-state index contributed by atoms with van der Waals surface area (Å²) >= 11 is 0. The van der Waals surface area contributed by atoms with E-state index >= 15 is 0 Å². The normalized spacial score (nSPS) is 12.6. The molecular formula is C15H19NO. The summed E-state index contributed by atoms with van der Waals surface area (Å²) < 4.78 is 5.39. The van der Waals surface area contributed by atoms with Gasteiger partial charge in [0.05, 0.1) is 6.26 Å². The van der Waals surface area contributed by atoms with Crippen molar-refractivity contribution in [1.29, 1.82) is 0 Å². The van der Waals surface area contributed by atoms with Crippen LogP contribution in [0.1, 0.15) is 29.9 Å². The Hall–Kier alpha value is -1.54.